The molecule has 2 nitrogen and oxygen atoms in total. The van der Waals surface area contributed by atoms with Crippen molar-refractivity contribution in [2.24, 2.45) is 5.92 Å². The van der Waals surface area contributed by atoms with Gasteiger partial charge in [0.25, 0.3) is 0 Å². The Balaban J connectivity index is 0.00000121. The van der Waals surface area contributed by atoms with E-state index < -0.39 is 0 Å². The van der Waals surface area contributed by atoms with Crippen molar-refractivity contribution in [3.63, 3.8) is 0 Å². The fraction of sp³-hybridized carbons (Fsp3) is 1.00. The Labute approximate surface area is 81.5 Å². The molecule has 0 aromatic rings. The van der Waals surface area contributed by atoms with E-state index in [1.165, 1.54) is 38.8 Å². The molecule has 12 heavy (non-hydrogen) atoms. The smallest absolute Gasteiger partial charge is 0.0464 e. The lowest BCUT2D eigenvalue weighted by Crippen LogP contribution is -2.14. The van der Waals surface area contributed by atoms with Gasteiger partial charge in [0.15, 0.2) is 0 Å². The van der Waals surface area contributed by atoms with E-state index in [9.17, 15) is 0 Å². The fourth-order valence-electron chi connectivity index (χ4n) is 1.66. The fourth-order valence-corrected chi connectivity index (χ4v) is 1.66. The van der Waals surface area contributed by atoms with E-state index in [1.54, 1.807) is 7.11 Å². The lowest BCUT2D eigenvalue weighted by molar-refractivity contribution is 0.174. The van der Waals surface area contributed by atoms with Gasteiger partial charge in [-0.15, -0.1) is 12.4 Å². The Morgan fingerprint density at radius 3 is 2.92 bits per heavy atom. The standard InChI is InChI=1S/C9H19NO.ClH/c1-11-8-5-9-3-2-6-10-7-4-9;/h9-10H,2-8H2,1H3;1H. The van der Waals surface area contributed by atoms with Crippen LogP contribution in [-0.2, 0) is 4.74 Å². The summed E-state index contributed by atoms with van der Waals surface area (Å²) in [5, 5.41) is 3.41. The Morgan fingerprint density at radius 1 is 1.33 bits per heavy atom. The predicted molar refractivity (Wildman–Crippen MR) is 54.0 cm³/mol. The molecule has 0 bridgehead atoms. The molecule has 1 N–H and O–H groups in total. The van der Waals surface area contributed by atoms with Crippen LogP contribution in [0.3, 0.4) is 0 Å². The van der Waals surface area contributed by atoms with Crippen LogP contribution in [0.4, 0.5) is 0 Å². The molecule has 1 rings (SSSR count). The van der Waals surface area contributed by atoms with Gasteiger partial charge in [-0.25, -0.2) is 0 Å². The molecule has 3 heteroatoms. The van der Waals surface area contributed by atoms with Crippen molar-refractivity contribution in [1.82, 2.24) is 5.32 Å². The molecule has 0 aliphatic carbocycles. The number of hydrogen-bond acceptors (Lipinski definition) is 2. The zero-order chi connectivity index (χ0) is 7.94. The summed E-state index contributed by atoms with van der Waals surface area (Å²) in [5.41, 5.74) is 0. The maximum absolute atomic E-state index is 5.06. The Kier molecular flexibility index (Phi) is 7.98. The molecule has 1 atom stereocenters. The van der Waals surface area contributed by atoms with Crippen molar-refractivity contribution in [3.8, 4) is 0 Å². The summed E-state index contributed by atoms with van der Waals surface area (Å²) in [6.45, 7) is 3.35. The van der Waals surface area contributed by atoms with Gasteiger partial charge >= 0.3 is 0 Å². The lowest BCUT2D eigenvalue weighted by atomic mass is 9.98. The average molecular weight is 194 g/mol. The molecule has 74 valence electrons. The minimum Gasteiger partial charge on any atom is -0.385 e. The third-order valence-electron chi connectivity index (χ3n) is 2.43. The largest absolute Gasteiger partial charge is 0.385 e. The molecule has 0 aromatic carbocycles. The first-order chi connectivity index (χ1) is 5.43. The van der Waals surface area contributed by atoms with Crippen LogP contribution in [0.5, 0.6) is 0 Å². The molecule has 0 amide bonds. The average Bonchev–Trinajstić information content (AvgIpc) is 2.28. The van der Waals surface area contributed by atoms with Gasteiger partial charge in [-0.3, -0.25) is 0 Å². The number of methoxy groups -OCH3 is 1. The summed E-state index contributed by atoms with van der Waals surface area (Å²) < 4.78 is 5.06. The highest BCUT2D eigenvalue weighted by atomic mass is 35.5. The van der Waals surface area contributed by atoms with Gasteiger partial charge in [0.05, 0.1) is 0 Å². The second-order valence-corrected chi connectivity index (χ2v) is 3.33. The number of ether oxygens (including phenoxy) is 1. The van der Waals surface area contributed by atoms with Crippen molar-refractivity contribution in [3.05, 3.63) is 0 Å². The molecule has 1 aliphatic heterocycles. The molecule has 0 saturated carbocycles. The van der Waals surface area contributed by atoms with Gasteiger partial charge in [-0.1, -0.05) is 0 Å². The first kappa shape index (κ1) is 12.2. The topological polar surface area (TPSA) is 21.3 Å². The molecule has 0 aromatic heterocycles. The van der Waals surface area contributed by atoms with E-state index in [4.69, 9.17) is 4.74 Å². The summed E-state index contributed by atoms with van der Waals surface area (Å²) in [4.78, 5) is 0. The lowest BCUT2D eigenvalue weighted by Gasteiger charge is -2.11. The Hall–Kier alpha value is 0.210. The zero-order valence-corrected chi connectivity index (χ0v) is 8.66. The minimum absolute atomic E-state index is 0. The highest BCUT2D eigenvalue weighted by molar-refractivity contribution is 5.85. The van der Waals surface area contributed by atoms with Crippen LogP contribution < -0.4 is 5.32 Å². The summed E-state index contributed by atoms with van der Waals surface area (Å²) in [7, 11) is 1.79. The molecular formula is C9H20ClNO. The van der Waals surface area contributed by atoms with Crippen molar-refractivity contribution in [2.45, 2.75) is 25.7 Å². The minimum atomic E-state index is 0. The van der Waals surface area contributed by atoms with Gasteiger partial charge in [-0.2, -0.15) is 0 Å². The first-order valence-corrected chi connectivity index (χ1v) is 4.63. The van der Waals surface area contributed by atoms with Gasteiger partial charge in [0, 0.05) is 13.7 Å². The van der Waals surface area contributed by atoms with Crippen molar-refractivity contribution < 1.29 is 4.74 Å². The second kappa shape index (κ2) is 7.84. The van der Waals surface area contributed by atoms with E-state index in [-0.39, 0.29) is 12.4 Å². The van der Waals surface area contributed by atoms with Crippen LogP contribution in [0.15, 0.2) is 0 Å². The molecule has 1 fully saturated rings. The zero-order valence-electron chi connectivity index (χ0n) is 7.84. The quantitative estimate of drug-likeness (QED) is 0.739. The van der Waals surface area contributed by atoms with E-state index in [1.807, 2.05) is 0 Å². The van der Waals surface area contributed by atoms with E-state index in [0.29, 0.717) is 0 Å². The summed E-state index contributed by atoms with van der Waals surface area (Å²) >= 11 is 0. The first-order valence-electron chi connectivity index (χ1n) is 4.63. The normalized spacial score (nSPS) is 24.2. The van der Waals surface area contributed by atoms with Gasteiger partial charge in [0.1, 0.15) is 0 Å². The Morgan fingerprint density at radius 2 is 2.17 bits per heavy atom. The SMILES string of the molecule is COCCC1CCCNCC1.Cl. The van der Waals surface area contributed by atoms with Crippen LogP contribution in [0, 0.1) is 5.92 Å². The molecule has 1 unspecified atom stereocenters. The summed E-state index contributed by atoms with van der Waals surface area (Å²) in [6, 6.07) is 0. The maximum atomic E-state index is 5.06. The van der Waals surface area contributed by atoms with Crippen LogP contribution in [0.2, 0.25) is 0 Å². The van der Waals surface area contributed by atoms with Crippen LogP contribution >= 0.6 is 12.4 Å². The highest BCUT2D eigenvalue weighted by Crippen LogP contribution is 2.16. The molecule has 1 heterocycles. The van der Waals surface area contributed by atoms with Crippen LogP contribution in [0.25, 0.3) is 0 Å². The van der Waals surface area contributed by atoms with E-state index in [2.05, 4.69) is 5.32 Å². The van der Waals surface area contributed by atoms with Gasteiger partial charge in [-0.05, 0) is 44.7 Å². The predicted octanol–water partition coefficient (Wildman–Crippen LogP) is 1.83. The molecular weight excluding hydrogens is 174 g/mol. The Bertz CT molecular complexity index is 92.5. The molecule has 0 spiro atoms. The van der Waals surface area contributed by atoms with E-state index >= 15 is 0 Å². The molecule has 1 aliphatic rings. The number of nitrogens with one attached hydrogen (secondary N) is 1. The number of hydrogen-bond donors (Lipinski definition) is 1. The third-order valence-corrected chi connectivity index (χ3v) is 2.43. The van der Waals surface area contributed by atoms with Crippen LogP contribution in [0.1, 0.15) is 25.7 Å². The van der Waals surface area contributed by atoms with Gasteiger partial charge < -0.3 is 10.1 Å². The maximum Gasteiger partial charge on any atom is 0.0464 e. The third kappa shape index (κ3) is 4.96. The highest BCUT2D eigenvalue weighted by Gasteiger charge is 2.10. The summed E-state index contributed by atoms with van der Waals surface area (Å²) in [5.74, 6) is 0.907. The molecule has 0 radical (unpaired) electrons. The number of halogens is 1. The van der Waals surface area contributed by atoms with Crippen molar-refractivity contribution >= 4 is 12.4 Å². The second-order valence-electron chi connectivity index (χ2n) is 3.33. The van der Waals surface area contributed by atoms with Gasteiger partial charge in [0.2, 0.25) is 0 Å². The van der Waals surface area contributed by atoms with Crippen molar-refractivity contribution in [2.75, 3.05) is 26.8 Å². The molecule has 1 saturated heterocycles. The van der Waals surface area contributed by atoms with Crippen LogP contribution in [-0.4, -0.2) is 26.8 Å². The van der Waals surface area contributed by atoms with Crippen molar-refractivity contribution in [1.29, 1.82) is 0 Å². The monoisotopic (exact) mass is 193 g/mol. The summed E-state index contributed by atoms with van der Waals surface area (Å²) in [6.07, 6.45) is 5.31. The number of rotatable bonds is 3. The van der Waals surface area contributed by atoms with E-state index in [0.717, 1.165) is 12.5 Å².